The Morgan fingerprint density at radius 3 is 1.48 bits per heavy atom. The van der Waals surface area contributed by atoms with Crippen LogP contribution in [0.5, 0.6) is 0 Å². The molecular formula is C23H23OZr-3. The van der Waals surface area contributed by atoms with Gasteiger partial charge in [-0.3, -0.25) is 6.79 Å². The van der Waals surface area contributed by atoms with E-state index in [1.54, 1.807) is 0 Å². The molecule has 1 nitrogen and oxygen atoms in total. The van der Waals surface area contributed by atoms with Crippen LogP contribution in [0.25, 0.3) is 21.5 Å². The zero-order chi connectivity index (χ0) is 18.7. The Hall–Kier alpha value is -1.92. The second kappa shape index (κ2) is 11.6. The third kappa shape index (κ3) is 6.14. The molecule has 0 aromatic heterocycles. The molecule has 0 aliphatic heterocycles. The predicted molar refractivity (Wildman–Crippen MR) is 107 cm³/mol. The summed E-state index contributed by atoms with van der Waals surface area (Å²) in [6, 6.07) is 25.5. The summed E-state index contributed by atoms with van der Waals surface area (Å²) < 4.78 is 2.09. The number of carbonyl (C=O) groups excluding carboxylic acids is 1. The number of fused-ring (bicyclic) bond motifs is 2. The van der Waals surface area contributed by atoms with E-state index >= 15 is 0 Å². The van der Waals surface area contributed by atoms with Gasteiger partial charge in [0.2, 0.25) is 0 Å². The third-order valence-electron chi connectivity index (χ3n) is 3.79. The summed E-state index contributed by atoms with van der Waals surface area (Å²) >= 11 is 1.51. The van der Waals surface area contributed by atoms with Crippen molar-refractivity contribution in [3.05, 3.63) is 83.9 Å². The van der Waals surface area contributed by atoms with Gasteiger partial charge in [-0.25, -0.2) is 0 Å². The zero-order valence-corrected chi connectivity index (χ0v) is 17.4. The van der Waals surface area contributed by atoms with Gasteiger partial charge in [0.25, 0.3) is 0 Å². The Balaban J connectivity index is 0.000000200. The van der Waals surface area contributed by atoms with Gasteiger partial charge in [0.15, 0.2) is 0 Å². The maximum absolute atomic E-state index is 7.75. The topological polar surface area (TPSA) is 17.1 Å². The molecule has 4 aromatic rings. The zero-order valence-electron chi connectivity index (χ0n) is 15.0. The maximum atomic E-state index is 7.75. The molecule has 25 heavy (non-hydrogen) atoms. The van der Waals surface area contributed by atoms with Crippen molar-refractivity contribution >= 4 is 32.0 Å². The first-order valence-electron chi connectivity index (χ1n) is 8.08. The molecule has 0 spiro atoms. The first kappa shape index (κ1) is 21.1. The van der Waals surface area contributed by atoms with Gasteiger partial charge in [-0.05, 0) is 13.8 Å². The van der Waals surface area contributed by atoms with Gasteiger partial charge in [-0.1, -0.05) is 23.3 Å². The molecule has 0 heterocycles. The van der Waals surface area contributed by atoms with Crippen molar-refractivity contribution in [1.29, 1.82) is 0 Å². The SMILES string of the molecule is C[CH]=[Zr].Cc1cccc2[cH-]ccc12.Cc1cccc2[cH-]ccc12.[CH-]=O. The number of aryl methyl sites for hydroxylation is 2. The van der Waals surface area contributed by atoms with Gasteiger partial charge >= 0.3 is 34.9 Å². The van der Waals surface area contributed by atoms with Gasteiger partial charge in [0.1, 0.15) is 0 Å². The van der Waals surface area contributed by atoms with E-state index in [-0.39, 0.29) is 0 Å². The first-order chi connectivity index (χ1) is 12.2. The molecule has 0 radical (unpaired) electrons. The summed E-state index contributed by atoms with van der Waals surface area (Å²) in [5.41, 5.74) is 2.73. The minimum atomic E-state index is 1.35. The van der Waals surface area contributed by atoms with E-state index in [4.69, 9.17) is 4.79 Å². The van der Waals surface area contributed by atoms with Gasteiger partial charge in [0, 0.05) is 0 Å². The van der Waals surface area contributed by atoms with E-state index in [9.17, 15) is 0 Å². The fourth-order valence-electron chi connectivity index (χ4n) is 2.65. The van der Waals surface area contributed by atoms with Crippen LogP contribution in [0.3, 0.4) is 0 Å². The van der Waals surface area contributed by atoms with Crippen molar-refractivity contribution < 1.29 is 29.0 Å². The number of hydrogen-bond donors (Lipinski definition) is 0. The van der Waals surface area contributed by atoms with Crippen LogP contribution < -0.4 is 0 Å². The van der Waals surface area contributed by atoms with Crippen molar-refractivity contribution in [2.75, 3.05) is 0 Å². The first-order valence-corrected chi connectivity index (χ1v) is 9.50. The van der Waals surface area contributed by atoms with Crippen LogP contribution in [0, 0.1) is 13.8 Å². The van der Waals surface area contributed by atoms with Crippen LogP contribution in [0.15, 0.2) is 72.8 Å². The van der Waals surface area contributed by atoms with E-state index in [1.165, 1.54) is 56.9 Å². The summed E-state index contributed by atoms with van der Waals surface area (Å²) in [4.78, 5) is 7.75. The summed E-state index contributed by atoms with van der Waals surface area (Å²) in [6.45, 7) is 9.57. The van der Waals surface area contributed by atoms with E-state index in [2.05, 4.69) is 97.1 Å². The third-order valence-corrected chi connectivity index (χ3v) is 3.79. The summed E-state index contributed by atoms with van der Waals surface area (Å²) in [6.07, 6.45) is 0. The van der Waals surface area contributed by atoms with Gasteiger partial charge < -0.3 is 4.79 Å². The monoisotopic (exact) mass is 405 g/mol. The molecule has 0 N–H and O–H groups in total. The minimum Gasteiger partial charge on any atom is -0.545 e. The van der Waals surface area contributed by atoms with Crippen molar-refractivity contribution in [3.8, 4) is 0 Å². The van der Waals surface area contributed by atoms with Crippen LogP contribution in [-0.2, 0) is 29.0 Å². The molecule has 0 saturated carbocycles. The Bertz CT molecular complexity index is 826. The van der Waals surface area contributed by atoms with Crippen LogP contribution in [0.2, 0.25) is 0 Å². The van der Waals surface area contributed by atoms with Crippen molar-refractivity contribution in [3.63, 3.8) is 0 Å². The molecule has 4 aromatic carbocycles. The summed E-state index contributed by atoms with van der Waals surface area (Å²) in [7, 11) is 0. The van der Waals surface area contributed by atoms with Gasteiger partial charge in [-0.15, -0.1) is 57.9 Å². The quantitative estimate of drug-likeness (QED) is 0.266. The average Bonchev–Trinajstić information content (AvgIpc) is 3.28. The van der Waals surface area contributed by atoms with E-state index < -0.39 is 0 Å². The second-order valence-corrected chi connectivity index (χ2v) is 6.92. The molecule has 0 aliphatic rings. The van der Waals surface area contributed by atoms with E-state index in [0.717, 1.165) is 0 Å². The smallest absolute Gasteiger partial charge is 0.0488 e. The molecular weight excluding hydrogens is 383 g/mol. The molecule has 0 atom stereocenters. The van der Waals surface area contributed by atoms with Crippen LogP contribution >= 0.6 is 0 Å². The molecule has 4 rings (SSSR count). The fourth-order valence-corrected chi connectivity index (χ4v) is 2.65. The molecule has 0 aliphatic carbocycles. The van der Waals surface area contributed by atoms with Crippen LogP contribution in [0.1, 0.15) is 18.1 Å². The molecule has 2 heteroatoms. The average molecular weight is 407 g/mol. The number of benzene rings is 2. The predicted octanol–water partition coefficient (Wildman–Crippen LogP) is 5.82. The fraction of sp³-hybridized carbons (Fsp3) is 0.130. The maximum Gasteiger partial charge on any atom is -0.0488 e. The molecule has 0 unspecified atom stereocenters. The largest absolute Gasteiger partial charge is 0.545 e. The molecule has 0 amide bonds. The molecule has 0 bridgehead atoms. The minimum absolute atomic E-state index is 1.35. The Labute approximate surface area is 165 Å². The molecule has 0 saturated heterocycles. The Morgan fingerprint density at radius 2 is 1.16 bits per heavy atom. The number of rotatable bonds is 0. The van der Waals surface area contributed by atoms with Crippen molar-refractivity contribution in [2.45, 2.75) is 20.8 Å². The molecule has 128 valence electrons. The van der Waals surface area contributed by atoms with Crippen LogP contribution in [0.4, 0.5) is 0 Å². The summed E-state index contributed by atoms with van der Waals surface area (Å²) in [5, 5.41) is 5.45. The van der Waals surface area contributed by atoms with E-state index in [1.807, 2.05) is 6.92 Å². The number of hydrogen-bond acceptors (Lipinski definition) is 1. The van der Waals surface area contributed by atoms with Crippen LogP contribution in [-0.4, -0.2) is 10.5 Å². The van der Waals surface area contributed by atoms with Crippen molar-refractivity contribution in [2.24, 2.45) is 0 Å². The molecule has 0 fully saturated rings. The Kier molecular flexibility index (Phi) is 9.81. The van der Waals surface area contributed by atoms with Gasteiger partial charge in [-0.2, -0.15) is 24.3 Å². The standard InChI is InChI=1S/2C10H9.C2H4.CHO.Zr/c2*1-8-4-2-5-9-6-3-7-10(8)9;2*1-2;/h2*2-7H,1H3;1H,2H3;1H;/q2*-1;;-1;. The normalized spacial score (nSPS) is 9.04. The van der Waals surface area contributed by atoms with E-state index in [0.29, 0.717) is 0 Å². The van der Waals surface area contributed by atoms with Crippen molar-refractivity contribution in [1.82, 2.24) is 0 Å². The van der Waals surface area contributed by atoms with Gasteiger partial charge in [0.05, 0.1) is 0 Å². The summed E-state index contributed by atoms with van der Waals surface area (Å²) in [5.74, 6) is 0. The Morgan fingerprint density at radius 1 is 0.800 bits per heavy atom. The second-order valence-electron chi connectivity index (χ2n) is 5.50.